The summed E-state index contributed by atoms with van der Waals surface area (Å²) in [5, 5.41) is 0. The first-order valence-corrected chi connectivity index (χ1v) is 5.83. The molecule has 0 radical (unpaired) electrons. The van der Waals surface area contributed by atoms with Crippen LogP contribution in [0, 0.1) is 0 Å². The summed E-state index contributed by atoms with van der Waals surface area (Å²) in [4.78, 5) is 0.202. The zero-order valence-electron chi connectivity index (χ0n) is 8.24. The Morgan fingerprint density at radius 2 is 1.75 bits per heavy atom. The van der Waals surface area contributed by atoms with Gasteiger partial charge in [-0.05, 0) is 19.3 Å². The van der Waals surface area contributed by atoms with Crippen LogP contribution in [-0.4, -0.2) is 4.87 Å². The molecule has 0 aliphatic heterocycles. The second-order valence-corrected chi connectivity index (χ2v) is 4.97. The van der Waals surface area contributed by atoms with Crippen LogP contribution in [-0.2, 0) is 0 Å². The molecule has 1 rings (SSSR count). The van der Waals surface area contributed by atoms with Gasteiger partial charge >= 0.3 is 0 Å². The van der Waals surface area contributed by atoms with Crippen molar-refractivity contribution in [3.05, 3.63) is 0 Å². The van der Waals surface area contributed by atoms with Crippen LogP contribution in [0.5, 0.6) is 0 Å². The number of halogens is 1. The predicted octanol–water partition coefficient (Wildman–Crippen LogP) is 4.51. The molecule has 0 nitrogen and oxygen atoms in total. The lowest BCUT2D eigenvalue weighted by atomic mass is 9.85. The zero-order chi connectivity index (χ0) is 8.86. The lowest BCUT2D eigenvalue weighted by molar-refractivity contribution is 0.359. The van der Waals surface area contributed by atoms with Gasteiger partial charge in [-0.2, -0.15) is 0 Å². The third kappa shape index (κ3) is 3.35. The Bertz CT molecular complexity index is 114. The Kier molecular flexibility index (Phi) is 4.42. The molecule has 0 unspecified atom stereocenters. The summed E-state index contributed by atoms with van der Waals surface area (Å²) in [5.74, 6) is 0. The molecule has 72 valence electrons. The number of unbranched alkanes of at least 4 members (excludes halogenated alkanes) is 2. The second-order valence-electron chi connectivity index (χ2n) is 4.17. The van der Waals surface area contributed by atoms with Crippen molar-refractivity contribution in [3.63, 3.8) is 0 Å². The quantitative estimate of drug-likeness (QED) is 0.450. The van der Waals surface area contributed by atoms with Gasteiger partial charge in [-0.1, -0.05) is 45.4 Å². The molecular formula is C11H21Cl. The number of rotatable bonds is 4. The third-order valence-electron chi connectivity index (χ3n) is 2.98. The first kappa shape index (κ1) is 10.4. The van der Waals surface area contributed by atoms with Crippen molar-refractivity contribution in [1.82, 2.24) is 0 Å². The van der Waals surface area contributed by atoms with E-state index >= 15 is 0 Å². The lowest BCUT2D eigenvalue weighted by Crippen LogP contribution is -2.24. The molecule has 1 fully saturated rings. The fourth-order valence-electron chi connectivity index (χ4n) is 2.13. The van der Waals surface area contributed by atoms with Gasteiger partial charge in [-0.3, -0.25) is 0 Å². The molecule has 0 bridgehead atoms. The summed E-state index contributed by atoms with van der Waals surface area (Å²) in [5.41, 5.74) is 0. The number of alkyl halides is 1. The summed E-state index contributed by atoms with van der Waals surface area (Å²) >= 11 is 6.51. The number of hydrogen-bond acceptors (Lipinski definition) is 0. The van der Waals surface area contributed by atoms with E-state index in [1.165, 1.54) is 57.8 Å². The van der Waals surface area contributed by atoms with Gasteiger partial charge in [0.1, 0.15) is 0 Å². The van der Waals surface area contributed by atoms with Crippen molar-refractivity contribution in [2.45, 2.75) is 69.6 Å². The maximum Gasteiger partial charge on any atom is 0.0446 e. The molecule has 0 atom stereocenters. The summed E-state index contributed by atoms with van der Waals surface area (Å²) in [7, 11) is 0. The van der Waals surface area contributed by atoms with Gasteiger partial charge < -0.3 is 0 Å². The highest BCUT2D eigenvalue weighted by atomic mass is 35.5. The van der Waals surface area contributed by atoms with E-state index in [1.807, 2.05) is 0 Å². The first-order chi connectivity index (χ1) is 5.77. The van der Waals surface area contributed by atoms with Crippen molar-refractivity contribution in [3.8, 4) is 0 Å². The van der Waals surface area contributed by atoms with Crippen molar-refractivity contribution in [2.24, 2.45) is 0 Å². The molecule has 1 aliphatic carbocycles. The smallest absolute Gasteiger partial charge is 0.0446 e. The average molecular weight is 189 g/mol. The van der Waals surface area contributed by atoms with Crippen LogP contribution >= 0.6 is 11.6 Å². The van der Waals surface area contributed by atoms with Crippen LogP contribution < -0.4 is 0 Å². The minimum atomic E-state index is 0.202. The molecule has 0 aromatic heterocycles. The van der Waals surface area contributed by atoms with Crippen LogP contribution in [0.15, 0.2) is 0 Å². The Balaban J connectivity index is 2.17. The molecule has 0 saturated heterocycles. The van der Waals surface area contributed by atoms with Gasteiger partial charge in [0.25, 0.3) is 0 Å². The summed E-state index contributed by atoms with van der Waals surface area (Å²) in [6.45, 7) is 2.25. The summed E-state index contributed by atoms with van der Waals surface area (Å²) in [6.07, 6.45) is 11.9. The molecule has 0 heterocycles. The fourth-order valence-corrected chi connectivity index (χ4v) is 2.53. The van der Waals surface area contributed by atoms with E-state index < -0.39 is 0 Å². The maximum atomic E-state index is 6.51. The van der Waals surface area contributed by atoms with E-state index in [0.717, 1.165) is 0 Å². The summed E-state index contributed by atoms with van der Waals surface area (Å²) in [6, 6.07) is 0. The molecule has 0 aromatic carbocycles. The van der Waals surface area contributed by atoms with E-state index in [1.54, 1.807) is 0 Å². The van der Waals surface area contributed by atoms with Crippen LogP contribution in [0.25, 0.3) is 0 Å². The largest absolute Gasteiger partial charge is 0.119 e. The highest BCUT2D eigenvalue weighted by molar-refractivity contribution is 6.23. The van der Waals surface area contributed by atoms with Gasteiger partial charge in [0, 0.05) is 4.87 Å². The summed E-state index contributed by atoms with van der Waals surface area (Å²) < 4.78 is 0. The Morgan fingerprint density at radius 3 is 2.33 bits per heavy atom. The van der Waals surface area contributed by atoms with E-state index in [0.29, 0.717) is 0 Å². The van der Waals surface area contributed by atoms with Crippen molar-refractivity contribution < 1.29 is 0 Å². The highest BCUT2D eigenvalue weighted by Crippen LogP contribution is 2.38. The molecule has 0 spiro atoms. The van der Waals surface area contributed by atoms with E-state index in [9.17, 15) is 0 Å². The Hall–Kier alpha value is 0.290. The molecule has 1 aliphatic rings. The zero-order valence-corrected chi connectivity index (χ0v) is 9.00. The van der Waals surface area contributed by atoms with Crippen LogP contribution in [0.2, 0.25) is 0 Å². The molecule has 1 heteroatoms. The average Bonchev–Trinajstić information content (AvgIpc) is 2.06. The number of hydrogen-bond donors (Lipinski definition) is 0. The van der Waals surface area contributed by atoms with Crippen molar-refractivity contribution in [1.29, 1.82) is 0 Å². The Labute approximate surface area is 81.7 Å². The third-order valence-corrected chi connectivity index (χ3v) is 3.54. The molecule has 12 heavy (non-hydrogen) atoms. The second kappa shape index (κ2) is 5.11. The van der Waals surface area contributed by atoms with Crippen molar-refractivity contribution in [2.75, 3.05) is 0 Å². The molecule has 0 amide bonds. The topological polar surface area (TPSA) is 0 Å². The minimum absolute atomic E-state index is 0.202. The first-order valence-electron chi connectivity index (χ1n) is 5.46. The van der Waals surface area contributed by atoms with E-state index in [2.05, 4.69) is 6.92 Å². The molecule has 0 aromatic rings. The maximum absolute atomic E-state index is 6.51. The van der Waals surface area contributed by atoms with Gasteiger partial charge in [0.2, 0.25) is 0 Å². The minimum Gasteiger partial charge on any atom is -0.119 e. The van der Waals surface area contributed by atoms with Gasteiger partial charge in [-0.25, -0.2) is 0 Å². The van der Waals surface area contributed by atoms with E-state index in [4.69, 9.17) is 11.6 Å². The van der Waals surface area contributed by atoms with Crippen LogP contribution in [0.3, 0.4) is 0 Å². The van der Waals surface area contributed by atoms with E-state index in [-0.39, 0.29) is 4.87 Å². The Morgan fingerprint density at radius 1 is 1.08 bits per heavy atom. The molecule has 0 N–H and O–H groups in total. The SMILES string of the molecule is CCCCCC1(Cl)CCCCC1. The molecular weight excluding hydrogens is 168 g/mol. The van der Waals surface area contributed by atoms with Gasteiger partial charge in [0.05, 0.1) is 0 Å². The monoisotopic (exact) mass is 188 g/mol. The van der Waals surface area contributed by atoms with Crippen LogP contribution in [0.1, 0.15) is 64.7 Å². The van der Waals surface area contributed by atoms with Gasteiger partial charge in [0.15, 0.2) is 0 Å². The standard InChI is InChI=1S/C11H21Cl/c1-2-3-5-8-11(12)9-6-4-7-10-11/h2-10H2,1H3. The fraction of sp³-hybridized carbons (Fsp3) is 1.00. The molecule has 1 saturated carbocycles. The van der Waals surface area contributed by atoms with Gasteiger partial charge in [-0.15, -0.1) is 11.6 Å². The highest BCUT2D eigenvalue weighted by Gasteiger charge is 2.28. The normalized spacial score (nSPS) is 22.5. The van der Waals surface area contributed by atoms with Crippen LogP contribution in [0.4, 0.5) is 0 Å². The predicted molar refractivity (Wildman–Crippen MR) is 55.8 cm³/mol. The lowest BCUT2D eigenvalue weighted by Gasteiger charge is -2.31. The van der Waals surface area contributed by atoms with Crippen molar-refractivity contribution >= 4 is 11.6 Å².